The Hall–Kier alpha value is -0.520. The molecule has 0 fully saturated rings. The van der Waals surface area contributed by atoms with Gasteiger partial charge in [-0.25, -0.2) is 0 Å². The Morgan fingerprint density at radius 3 is 0.618 bits per heavy atom. The molecule has 0 spiro atoms. The lowest BCUT2D eigenvalue weighted by atomic mass is 10.1. The molecular weight excluding hydrogens is 408 g/mol. The smallest absolute Gasteiger partial charge is 0.0351 e. The molecule has 0 aromatic rings. The maximum absolute atomic E-state index is 2.40. The van der Waals surface area contributed by atoms with Crippen LogP contribution in [0.3, 0.4) is 0 Å². The predicted molar refractivity (Wildman–Crippen MR) is 161 cm³/mol. The summed E-state index contributed by atoms with van der Waals surface area (Å²) in [7, 11) is 0. The summed E-state index contributed by atoms with van der Waals surface area (Å²) < 4.78 is 0. The van der Waals surface area contributed by atoms with Crippen LogP contribution in [-0.2, 0) is 0 Å². The van der Waals surface area contributed by atoms with Gasteiger partial charge in [-0.15, -0.1) is 0 Å². The highest BCUT2D eigenvalue weighted by Crippen LogP contribution is 2.10. The fourth-order valence-corrected chi connectivity index (χ4v) is 4.29. The minimum Gasteiger partial charge on any atom is -0.0885 e. The first-order chi connectivity index (χ1) is 16.8. The molecule has 0 radical (unpaired) electrons. The highest BCUT2D eigenvalue weighted by Gasteiger charge is 1.90. The van der Waals surface area contributed by atoms with Crippen LogP contribution in [0.4, 0.5) is 0 Å². The van der Waals surface area contributed by atoms with Crippen molar-refractivity contribution in [2.24, 2.45) is 0 Å². The highest BCUT2D eigenvalue weighted by molar-refractivity contribution is 4.81. The Morgan fingerprint density at radius 2 is 0.412 bits per heavy atom. The molecule has 0 aliphatic heterocycles. The normalized spacial score (nSPS) is 11.4. The molecule has 0 heterocycles. The van der Waals surface area contributed by atoms with E-state index in [-0.39, 0.29) is 0 Å². The van der Waals surface area contributed by atoms with Gasteiger partial charge in [0, 0.05) is 0 Å². The van der Waals surface area contributed by atoms with Crippen molar-refractivity contribution in [1.82, 2.24) is 0 Å². The summed E-state index contributed by atoms with van der Waals surface area (Å²) in [6, 6.07) is 0. The second-order valence-electron chi connectivity index (χ2n) is 10.5. The third-order valence-electron chi connectivity index (χ3n) is 6.73. The van der Waals surface area contributed by atoms with Crippen LogP contribution in [0.15, 0.2) is 24.3 Å². The maximum atomic E-state index is 2.40. The second kappa shape index (κ2) is 37.0. The molecule has 204 valence electrons. The van der Waals surface area contributed by atoms with Gasteiger partial charge in [0.15, 0.2) is 0 Å². The van der Waals surface area contributed by atoms with E-state index >= 15 is 0 Å². The van der Waals surface area contributed by atoms with E-state index in [0.717, 1.165) is 0 Å². The van der Waals surface area contributed by atoms with Crippen molar-refractivity contribution < 1.29 is 0 Å². The van der Waals surface area contributed by atoms with E-state index in [2.05, 4.69) is 52.0 Å². The van der Waals surface area contributed by atoms with Crippen molar-refractivity contribution in [3.63, 3.8) is 0 Å². The monoisotopic (exact) mass is 477 g/mol. The van der Waals surface area contributed by atoms with Crippen LogP contribution < -0.4 is 0 Å². The first kappa shape index (κ1) is 35.6. The summed E-state index contributed by atoms with van der Waals surface area (Å²) in [5.74, 6) is 0. The van der Waals surface area contributed by atoms with Crippen molar-refractivity contribution in [3.8, 4) is 0 Å². The first-order valence-electron chi connectivity index (χ1n) is 16.1. The SMILES string of the molecule is CCCCCCC/C=C\CCCCCCCC.CCCCCCC/C=C\CCCCCCCC. The van der Waals surface area contributed by atoms with Crippen molar-refractivity contribution in [2.75, 3.05) is 0 Å². The molecule has 0 N–H and O–H groups in total. The third kappa shape index (κ3) is 38.7. The maximum Gasteiger partial charge on any atom is -0.0351 e. The average Bonchev–Trinajstić information content (AvgIpc) is 2.85. The number of allylic oxidation sites excluding steroid dienone is 4. The van der Waals surface area contributed by atoms with Crippen molar-refractivity contribution >= 4 is 0 Å². The number of rotatable bonds is 26. The molecule has 0 atom stereocenters. The minimum absolute atomic E-state index is 1.31. The Kier molecular flexibility index (Phi) is 38.8. The lowest BCUT2D eigenvalue weighted by Crippen LogP contribution is -1.78. The van der Waals surface area contributed by atoms with Gasteiger partial charge in [0.25, 0.3) is 0 Å². The van der Waals surface area contributed by atoms with E-state index in [1.165, 1.54) is 167 Å². The summed E-state index contributed by atoms with van der Waals surface area (Å²) in [5, 5.41) is 0. The van der Waals surface area contributed by atoms with Crippen LogP contribution in [0.5, 0.6) is 0 Å². The van der Waals surface area contributed by atoms with Gasteiger partial charge < -0.3 is 0 Å². The van der Waals surface area contributed by atoms with Gasteiger partial charge in [0.05, 0.1) is 0 Å². The van der Waals surface area contributed by atoms with Gasteiger partial charge in [-0.2, -0.15) is 0 Å². The molecule has 0 bridgehead atoms. The first-order valence-corrected chi connectivity index (χ1v) is 16.1. The molecule has 0 unspecified atom stereocenters. The summed E-state index contributed by atoms with van der Waals surface area (Å²) in [6.45, 7) is 9.12. The lowest BCUT2D eigenvalue weighted by molar-refractivity contribution is 0.610. The van der Waals surface area contributed by atoms with Crippen LogP contribution >= 0.6 is 0 Å². The fourth-order valence-electron chi connectivity index (χ4n) is 4.29. The van der Waals surface area contributed by atoms with Crippen LogP contribution in [-0.4, -0.2) is 0 Å². The molecule has 0 heteroatoms. The molecule has 0 saturated heterocycles. The molecule has 0 aromatic heterocycles. The van der Waals surface area contributed by atoms with Crippen LogP contribution in [0.25, 0.3) is 0 Å². The summed E-state index contributed by atoms with van der Waals surface area (Å²) in [4.78, 5) is 0. The van der Waals surface area contributed by atoms with Crippen molar-refractivity contribution in [3.05, 3.63) is 24.3 Å². The molecule has 0 aliphatic carbocycles. The van der Waals surface area contributed by atoms with E-state index in [9.17, 15) is 0 Å². The Morgan fingerprint density at radius 1 is 0.235 bits per heavy atom. The molecule has 0 aromatic carbocycles. The quantitative estimate of drug-likeness (QED) is 0.0859. The molecule has 0 saturated carbocycles. The van der Waals surface area contributed by atoms with E-state index < -0.39 is 0 Å². The van der Waals surface area contributed by atoms with Gasteiger partial charge >= 0.3 is 0 Å². The minimum atomic E-state index is 1.31. The Balaban J connectivity index is 0. The zero-order valence-corrected chi connectivity index (χ0v) is 24.7. The molecule has 34 heavy (non-hydrogen) atoms. The largest absolute Gasteiger partial charge is 0.0885 e. The van der Waals surface area contributed by atoms with Gasteiger partial charge in [0.1, 0.15) is 0 Å². The lowest BCUT2D eigenvalue weighted by Gasteiger charge is -1.98. The van der Waals surface area contributed by atoms with Gasteiger partial charge in [0.2, 0.25) is 0 Å². The summed E-state index contributed by atoms with van der Waals surface area (Å²) in [6.07, 6.45) is 45.9. The van der Waals surface area contributed by atoms with Crippen molar-refractivity contribution in [1.29, 1.82) is 0 Å². The molecule has 0 aliphatic rings. The molecule has 0 amide bonds. The van der Waals surface area contributed by atoms with Gasteiger partial charge in [-0.1, -0.05) is 168 Å². The van der Waals surface area contributed by atoms with Crippen molar-refractivity contribution in [2.45, 2.75) is 195 Å². The summed E-state index contributed by atoms with van der Waals surface area (Å²) >= 11 is 0. The third-order valence-corrected chi connectivity index (χ3v) is 6.73. The number of hydrogen-bond acceptors (Lipinski definition) is 0. The number of hydrogen-bond donors (Lipinski definition) is 0. The Bertz CT molecular complexity index is 328. The fraction of sp³-hybridized carbons (Fsp3) is 0.882. The molecular formula is C34H68. The molecule has 0 rings (SSSR count). The van der Waals surface area contributed by atoms with E-state index in [0.29, 0.717) is 0 Å². The zero-order valence-electron chi connectivity index (χ0n) is 24.7. The number of unbranched alkanes of at least 4 members (excludes halogenated alkanes) is 22. The van der Waals surface area contributed by atoms with Gasteiger partial charge in [-0.3, -0.25) is 0 Å². The zero-order chi connectivity index (χ0) is 25.2. The molecule has 0 nitrogen and oxygen atoms in total. The van der Waals surface area contributed by atoms with E-state index in [1.54, 1.807) is 0 Å². The van der Waals surface area contributed by atoms with Crippen LogP contribution in [0.2, 0.25) is 0 Å². The van der Waals surface area contributed by atoms with E-state index in [1.807, 2.05) is 0 Å². The average molecular weight is 477 g/mol. The second-order valence-corrected chi connectivity index (χ2v) is 10.5. The van der Waals surface area contributed by atoms with E-state index in [4.69, 9.17) is 0 Å². The topological polar surface area (TPSA) is 0 Å². The highest BCUT2D eigenvalue weighted by atomic mass is 14.0. The van der Waals surface area contributed by atoms with Crippen LogP contribution in [0, 0.1) is 0 Å². The Labute approximate surface area is 218 Å². The predicted octanol–water partition coefficient (Wildman–Crippen LogP) is 13.3. The summed E-state index contributed by atoms with van der Waals surface area (Å²) in [5.41, 5.74) is 0. The van der Waals surface area contributed by atoms with Gasteiger partial charge in [-0.05, 0) is 51.4 Å². The standard InChI is InChI=1S/2C17H34/c2*1-3-5-7-9-11-13-15-17-16-14-12-10-8-6-4-2/h2*15,17H,3-14,16H2,1-2H3/b2*17-15-. The van der Waals surface area contributed by atoms with Crippen LogP contribution in [0.1, 0.15) is 195 Å².